The molecule has 0 atom stereocenters. The van der Waals surface area contributed by atoms with Crippen LogP contribution >= 0.6 is 11.3 Å². The van der Waals surface area contributed by atoms with E-state index in [1.807, 2.05) is 11.3 Å². The van der Waals surface area contributed by atoms with Gasteiger partial charge in [0, 0.05) is 10.9 Å². The highest BCUT2D eigenvalue weighted by Gasteiger charge is 2.48. The first-order valence-corrected chi connectivity index (χ1v) is 7.84. The van der Waals surface area contributed by atoms with Crippen LogP contribution in [0.5, 0.6) is 0 Å². The molecule has 2 saturated carbocycles. The van der Waals surface area contributed by atoms with Crippen molar-refractivity contribution in [3.05, 3.63) is 15.6 Å². The van der Waals surface area contributed by atoms with Gasteiger partial charge in [0.15, 0.2) is 0 Å². The molecule has 1 heterocycles. The lowest BCUT2D eigenvalue weighted by Gasteiger charge is -2.46. The molecule has 0 amide bonds. The number of aromatic nitrogens is 1. The van der Waals surface area contributed by atoms with E-state index < -0.39 is 0 Å². The lowest BCUT2D eigenvalue weighted by molar-refractivity contribution is 0.112. The van der Waals surface area contributed by atoms with E-state index in [0.717, 1.165) is 12.0 Å². The Labute approximate surface area is 107 Å². The second-order valence-electron chi connectivity index (χ2n) is 6.26. The molecule has 0 aliphatic heterocycles. The van der Waals surface area contributed by atoms with Crippen LogP contribution in [-0.2, 0) is 18.4 Å². The van der Waals surface area contributed by atoms with E-state index in [9.17, 15) is 0 Å². The summed E-state index contributed by atoms with van der Waals surface area (Å²) in [7, 11) is 0. The van der Waals surface area contributed by atoms with Crippen LogP contribution in [-0.4, -0.2) is 11.0 Å². The van der Waals surface area contributed by atoms with Gasteiger partial charge in [-0.2, -0.15) is 0 Å². The van der Waals surface area contributed by atoms with Crippen LogP contribution in [0, 0.1) is 5.92 Å². The summed E-state index contributed by atoms with van der Waals surface area (Å²) >= 11 is 2.00. The number of fused-ring (bicyclic) bond motifs is 1. The van der Waals surface area contributed by atoms with E-state index >= 15 is 0 Å². The Morgan fingerprint density at radius 3 is 2.76 bits per heavy atom. The maximum absolute atomic E-state index is 4.96. The van der Waals surface area contributed by atoms with E-state index in [4.69, 9.17) is 4.98 Å². The highest BCUT2D eigenvalue weighted by atomic mass is 32.1. The van der Waals surface area contributed by atoms with E-state index in [-0.39, 0.29) is 5.54 Å². The Kier molecular flexibility index (Phi) is 2.19. The first-order chi connectivity index (χ1) is 8.25. The van der Waals surface area contributed by atoms with Gasteiger partial charge in [-0.15, -0.1) is 11.3 Å². The molecular weight excluding hydrogens is 228 g/mol. The molecule has 92 valence electrons. The van der Waals surface area contributed by atoms with Gasteiger partial charge in [-0.05, 0) is 50.9 Å². The third kappa shape index (κ3) is 1.66. The van der Waals surface area contributed by atoms with Crippen molar-refractivity contribution < 1.29 is 0 Å². The number of nitrogens with zero attached hydrogens (tertiary/aromatic N) is 1. The Hall–Kier alpha value is -0.410. The number of nitrogens with one attached hydrogen (secondary N) is 1. The Morgan fingerprint density at radius 1 is 1.29 bits per heavy atom. The third-order valence-electron chi connectivity index (χ3n) is 4.46. The zero-order valence-corrected chi connectivity index (χ0v) is 11.3. The van der Waals surface area contributed by atoms with Crippen LogP contribution in [0.3, 0.4) is 0 Å². The second-order valence-corrected chi connectivity index (χ2v) is 7.34. The molecule has 1 N–H and O–H groups in total. The van der Waals surface area contributed by atoms with Gasteiger partial charge >= 0.3 is 0 Å². The van der Waals surface area contributed by atoms with Gasteiger partial charge < -0.3 is 5.32 Å². The van der Waals surface area contributed by atoms with Crippen LogP contribution in [0.4, 0.5) is 0 Å². The van der Waals surface area contributed by atoms with E-state index in [2.05, 4.69) is 12.2 Å². The van der Waals surface area contributed by atoms with Crippen LogP contribution in [0.25, 0.3) is 0 Å². The number of hydrogen-bond donors (Lipinski definition) is 1. The Bertz CT molecular complexity index is 420. The smallest absolute Gasteiger partial charge is 0.113 e. The van der Waals surface area contributed by atoms with Crippen LogP contribution in [0.2, 0.25) is 0 Å². The van der Waals surface area contributed by atoms with Gasteiger partial charge in [0.1, 0.15) is 5.01 Å². The SMILES string of the molecule is CC1CC(NC2CC2)(c2nc3c(s2)CCC3)C1. The number of thiazole rings is 1. The van der Waals surface area contributed by atoms with Crippen LogP contribution < -0.4 is 5.32 Å². The minimum Gasteiger partial charge on any atom is -0.303 e. The molecule has 0 bridgehead atoms. The molecule has 2 nitrogen and oxygen atoms in total. The summed E-state index contributed by atoms with van der Waals surface area (Å²) in [5.74, 6) is 0.875. The van der Waals surface area contributed by atoms with Gasteiger partial charge in [-0.25, -0.2) is 4.98 Å². The molecule has 3 aliphatic carbocycles. The molecule has 0 unspecified atom stereocenters. The topological polar surface area (TPSA) is 24.9 Å². The quantitative estimate of drug-likeness (QED) is 0.889. The molecule has 1 aromatic rings. The predicted octanol–water partition coefficient (Wildman–Crippen LogP) is 3.01. The Morgan fingerprint density at radius 2 is 2.12 bits per heavy atom. The first-order valence-electron chi connectivity index (χ1n) is 7.02. The first kappa shape index (κ1) is 10.5. The fourth-order valence-electron chi connectivity index (χ4n) is 3.50. The van der Waals surface area contributed by atoms with Crippen molar-refractivity contribution in [1.29, 1.82) is 0 Å². The van der Waals surface area contributed by atoms with Crippen LogP contribution in [0.15, 0.2) is 0 Å². The largest absolute Gasteiger partial charge is 0.303 e. The van der Waals surface area contributed by atoms with Crippen LogP contribution in [0.1, 0.15) is 54.6 Å². The van der Waals surface area contributed by atoms with E-state index in [0.29, 0.717) is 0 Å². The van der Waals surface area contributed by atoms with E-state index in [1.54, 1.807) is 4.88 Å². The molecule has 4 rings (SSSR count). The number of rotatable bonds is 3. The summed E-state index contributed by atoms with van der Waals surface area (Å²) in [6.45, 7) is 2.37. The Balaban J connectivity index is 1.64. The third-order valence-corrected chi connectivity index (χ3v) is 5.82. The second kappa shape index (κ2) is 3.55. The zero-order valence-electron chi connectivity index (χ0n) is 10.5. The zero-order chi connectivity index (χ0) is 11.5. The summed E-state index contributed by atoms with van der Waals surface area (Å²) in [6, 6.07) is 0.793. The summed E-state index contributed by atoms with van der Waals surface area (Å²) in [4.78, 5) is 6.54. The molecule has 0 radical (unpaired) electrons. The molecule has 0 aromatic carbocycles. The summed E-state index contributed by atoms with van der Waals surface area (Å²) < 4.78 is 0. The predicted molar refractivity (Wildman–Crippen MR) is 70.4 cm³/mol. The van der Waals surface area contributed by atoms with Crippen molar-refractivity contribution in [2.45, 2.75) is 63.5 Å². The highest BCUT2D eigenvalue weighted by molar-refractivity contribution is 7.12. The summed E-state index contributed by atoms with van der Waals surface area (Å²) in [5.41, 5.74) is 1.69. The average molecular weight is 248 g/mol. The minimum atomic E-state index is 0.273. The van der Waals surface area contributed by atoms with Crippen molar-refractivity contribution in [3.63, 3.8) is 0 Å². The molecule has 17 heavy (non-hydrogen) atoms. The van der Waals surface area contributed by atoms with Crippen molar-refractivity contribution in [3.8, 4) is 0 Å². The van der Waals surface area contributed by atoms with Crippen molar-refractivity contribution in [1.82, 2.24) is 10.3 Å². The molecule has 2 fully saturated rings. The molecule has 0 spiro atoms. The molecular formula is C14H20N2S. The van der Waals surface area contributed by atoms with Crippen molar-refractivity contribution in [2.24, 2.45) is 5.92 Å². The fraction of sp³-hybridized carbons (Fsp3) is 0.786. The standard InChI is InChI=1S/C14H20N2S/c1-9-7-14(8-9,16-10-5-6-10)13-15-11-3-2-4-12(11)17-13/h9-10,16H,2-8H2,1H3. The summed E-state index contributed by atoms with van der Waals surface area (Å²) in [6.07, 6.45) is 9.19. The number of hydrogen-bond acceptors (Lipinski definition) is 3. The van der Waals surface area contributed by atoms with Gasteiger partial charge in [0.05, 0.1) is 11.2 Å². The van der Waals surface area contributed by atoms with Crippen molar-refractivity contribution >= 4 is 11.3 Å². The molecule has 3 heteroatoms. The van der Waals surface area contributed by atoms with Crippen molar-refractivity contribution in [2.75, 3.05) is 0 Å². The van der Waals surface area contributed by atoms with Gasteiger partial charge in [0.2, 0.25) is 0 Å². The lowest BCUT2D eigenvalue weighted by Crippen LogP contribution is -2.52. The number of aryl methyl sites for hydroxylation is 2. The van der Waals surface area contributed by atoms with Gasteiger partial charge in [-0.3, -0.25) is 0 Å². The highest BCUT2D eigenvalue weighted by Crippen LogP contribution is 2.49. The normalized spacial score (nSPS) is 35.7. The van der Waals surface area contributed by atoms with Gasteiger partial charge in [0.25, 0.3) is 0 Å². The lowest BCUT2D eigenvalue weighted by atomic mass is 9.69. The van der Waals surface area contributed by atoms with E-state index in [1.165, 1.54) is 55.6 Å². The fourth-order valence-corrected chi connectivity index (χ4v) is 4.82. The molecule has 3 aliphatic rings. The maximum Gasteiger partial charge on any atom is 0.113 e. The molecule has 0 saturated heterocycles. The average Bonchev–Trinajstić information content (AvgIpc) is 2.80. The monoisotopic (exact) mass is 248 g/mol. The minimum absolute atomic E-state index is 0.273. The molecule has 1 aromatic heterocycles. The summed E-state index contributed by atoms with van der Waals surface area (Å²) in [5, 5.41) is 5.30. The maximum atomic E-state index is 4.96. The van der Waals surface area contributed by atoms with Gasteiger partial charge in [-0.1, -0.05) is 6.92 Å².